The van der Waals surface area contributed by atoms with Crippen LogP contribution in [0.25, 0.3) is 0 Å². The molecule has 0 aromatic carbocycles. The van der Waals surface area contributed by atoms with E-state index in [-0.39, 0.29) is 12.5 Å². The Morgan fingerprint density at radius 3 is 2.40 bits per heavy atom. The van der Waals surface area contributed by atoms with Gasteiger partial charge in [0.05, 0.1) is 6.54 Å². The van der Waals surface area contributed by atoms with Gasteiger partial charge in [-0.1, -0.05) is 30.3 Å². The van der Waals surface area contributed by atoms with Gasteiger partial charge in [-0.2, -0.15) is 0 Å². The first-order valence-corrected chi connectivity index (χ1v) is 4.79. The molecule has 82 valence electrons. The van der Waals surface area contributed by atoms with Gasteiger partial charge in [0.2, 0.25) is 12.3 Å². The smallest absolute Gasteiger partial charge is 0.226 e. The van der Waals surface area contributed by atoms with E-state index < -0.39 is 0 Å². The third kappa shape index (κ3) is 5.86. The zero-order valence-electron chi connectivity index (χ0n) is 8.87. The largest absolute Gasteiger partial charge is 0.281 e. The van der Waals surface area contributed by atoms with Crippen molar-refractivity contribution >= 4 is 23.9 Å². The summed E-state index contributed by atoms with van der Waals surface area (Å²) in [4.78, 5) is 22.6. The van der Waals surface area contributed by atoms with Crippen LogP contribution in [-0.4, -0.2) is 23.8 Å². The van der Waals surface area contributed by atoms with E-state index in [0.717, 1.165) is 10.5 Å². The van der Waals surface area contributed by atoms with Gasteiger partial charge in [0, 0.05) is 12.0 Å². The second-order valence-electron chi connectivity index (χ2n) is 2.90. The van der Waals surface area contributed by atoms with E-state index in [0.29, 0.717) is 11.4 Å². The van der Waals surface area contributed by atoms with Crippen molar-refractivity contribution < 1.29 is 9.59 Å². The average molecular weight is 228 g/mol. The molecule has 0 spiro atoms. The van der Waals surface area contributed by atoms with Crippen molar-refractivity contribution in [2.75, 3.05) is 6.54 Å². The summed E-state index contributed by atoms with van der Waals surface area (Å²) in [5.41, 5.74) is 0.819. The Kier molecular flexibility index (Phi) is 6.38. The molecule has 0 rings (SSSR count). The summed E-state index contributed by atoms with van der Waals surface area (Å²) in [6, 6.07) is 0. The van der Waals surface area contributed by atoms with Crippen LogP contribution in [-0.2, 0) is 9.59 Å². The molecule has 4 heteroatoms. The fraction of sp³-hybridized carbons (Fsp3) is 0.273. The maximum Gasteiger partial charge on any atom is 0.226 e. The Morgan fingerprint density at radius 2 is 2.07 bits per heavy atom. The fourth-order valence-electron chi connectivity index (χ4n) is 0.857. The van der Waals surface area contributed by atoms with E-state index in [9.17, 15) is 9.59 Å². The summed E-state index contributed by atoms with van der Waals surface area (Å²) in [6.45, 7) is 6.90. The van der Waals surface area contributed by atoms with Crippen molar-refractivity contribution in [2.24, 2.45) is 0 Å². The van der Waals surface area contributed by atoms with Crippen LogP contribution in [0.1, 0.15) is 13.8 Å². The number of halogens is 1. The summed E-state index contributed by atoms with van der Waals surface area (Å²) in [5, 5.41) is 0.398. The number of amides is 2. The lowest BCUT2D eigenvalue weighted by atomic mass is 10.2. The van der Waals surface area contributed by atoms with E-state index in [4.69, 9.17) is 11.6 Å². The maximum atomic E-state index is 11.0. The molecule has 0 atom stereocenters. The van der Waals surface area contributed by atoms with Gasteiger partial charge in [-0.25, -0.2) is 0 Å². The Hall–Kier alpha value is -1.35. The standard InChI is InChI=1S/C11H14ClNO2/c1-4-11(6-5-9(2)12)7-13(8-14)10(3)15/h4-6,8H,2,7H2,1,3H3/b6-5-,11-4+. The minimum absolute atomic E-state index is 0.246. The minimum atomic E-state index is -0.289. The van der Waals surface area contributed by atoms with Gasteiger partial charge in [0.1, 0.15) is 0 Å². The van der Waals surface area contributed by atoms with Gasteiger partial charge < -0.3 is 0 Å². The number of hydrogen-bond acceptors (Lipinski definition) is 2. The molecule has 15 heavy (non-hydrogen) atoms. The highest BCUT2D eigenvalue weighted by Gasteiger charge is 2.07. The third-order valence-electron chi connectivity index (χ3n) is 1.73. The number of carbonyl (C=O) groups excluding carboxylic acids is 2. The van der Waals surface area contributed by atoms with Gasteiger partial charge >= 0.3 is 0 Å². The molecule has 0 radical (unpaired) electrons. The SMILES string of the molecule is C=C(Cl)/C=C\C(=C/C)CN(C=O)C(C)=O. The van der Waals surface area contributed by atoms with Crippen LogP contribution in [0.15, 0.2) is 35.4 Å². The number of hydrogen-bond donors (Lipinski definition) is 0. The van der Waals surface area contributed by atoms with Crippen molar-refractivity contribution in [3.05, 3.63) is 35.4 Å². The first-order valence-electron chi connectivity index (χ1n) is 4.41. The minimum Gasteiger partial charge on any atom is -0.281 e. The molecule has 0 aromatic rings. The van der Waals surface area contributed by atoms with Crippen LogP contribution < -0.4 is 0 Å². The molecule has 0 N–H and O–H groups in total. The van der Waals surface area contributed by atoms with Crippen LogP contribution in [0.3, 0.4) is 0 Å². The molecule has 2 amide bonds. The zero-order valence-corrected chi connectivity index (χ0v) is 9.62. The molecule has 0 saturated carbocycles. The van der Waals surface area contributed by atoms with Gasteiger partial charge in [-0.15, -0.1) is 0 Å². The van der Waals surface area contributed by atoms with E-state index in [1.165, 1.54) is 6.92 Å². The normalized spacial score (nSPS) is 11.5. The highest BCUT2D eigenvalue weighted by molar-refractivity contribution is 6.30. The maximum absolute atomic E-state index is 11.0. The molecule has 0 fully saturated rings. The van der Waals surface area contributed by atoms with Crippen molar-refractivity contribution in [3.8, 4) is 0 Å². The average Bonchev–Trinajstić information content (AvgIpc) is 2.17. The van der Waals surface area contributed by atoms with Crippen LogP contribution in [0.2, 0.25) is 0 Å². The van der Waals surface area contributed by atoms with Gasteiger partial charge in [-0.05, 0) is 18.6 Å². The van der Waals surface area contributed by atoms with Crippen molar-refractivity contribution in [2.45, 2.75) is 13.8 Å². The molecule has 0 saturated heterocycles. The lowest BCUT2D eigenvalue weighted by Crippen LogP contribution is -2.28. The van der Waals surface area contributed by atoms with Gasteiger partial charge in [0.15, 0.2) is 0 Å². The second kappa shape index (κ2) is 7.01. The lowest BCUT2D eigenvalue weighted by molar-refractivity contribution is -0.135. The quantitative estimate of drug-likeness (QED) is 0.534. The highest BCUT2D eigenvalue weighted by atomic mass is 35.5. The molecule has 0 bridgehead atoms. The highest BCUT2D eigenvalue weighted by Crippen LogP contribution is 2.05. The molecular formula is C11H14ClNO2. The number of imide groups is 1. The summed E-state index contributed by atoms with van der Waals surface area (Å²) in [5.74, 6) is -0.289. The summed E-state index contributed by atoms with van der Waals surface area (Å²) in [7, 11) is 0. The Morgan fingerprint density at radius 1 is 1.47 bits per heavy atom. The number of carbonyl (C=O) groups is 2. The van der Waals surface area contributed by atoms with Crippen molar-refractivity contribution in [3.63, 3.8) is 0 Å². The van der Waals surface area contributed by atoms with Crippen molar-refractivity contribution in [1.29, 1.82) is 0 Å². The zero-order chi connectivity index (χ0) is 11.8. The van der Waals surface area contributed by atoms with Crippen LogP contribution in [0.5, 0.6) is 0 Å². The lowest BCUT2D eigenvalue weighted by Gasteiger charge is -2.13. The molecule has 3 nitrogen and oxygen atoms in total. The van der Waals surface area contributed by atoms with E-state index >= 15 is 0 Å². The summed E-state index contributed by atoms with van der Waals surface area (Å²) in [6.07, 6.45) is 5.64. The van der Waals surface area contributed by atoms with Crippen LogP contribution >= 0.6 is 11.6 Å². The molecule has 0 heterocycles. The summed E-state index contributed by atoms with van der Waals surface area (Å²) >= 11 is 5.55. The Labute approximate surface area is 94.7 Å². The van der Waals surface area contributed by atoms with Gasteiger partial charge in [-0.3, -0.25) is 14.5 Å². The summed E-state index contributed by atoms with van der Waals surface area (Å²) < 4.78 is 0. The molecule has 0 aromatic heterocycles. The monoisotopic (exact) mass is 227 g/mol. The van der Waals surface area contributed by atoms with E-state index in [1.807, 2.05) is 6.92 Å². The van der Waals surface area contributed by atoms with Gasteiger partial charge in [0.25, 0.3) is 0 Å². The predicted octanol–water partition coefficient (Wildman–Crippen LogP) is 2.25. The molecule has 0 aliphatic rings. The fourth-order valence-corrected chi connectivity index (χ4v) is 0.920. The predicted molar refractivity (Wildman–Crippen MR) is 61.3 cm³/mol. The number of allylic oxidation sites excluding steroid dienone is 3. The number of rotatable bonds is 5. The number of nitrogens with zero attached hydrogens (tertiary/aromatic N) is 1. The topological polar surface area (TPSA) is 37.4 Å². The molecule has 0 aliphatic heterocycles. The Bertz CT molecular complexity index is 319. The van der Waals surface area contributed by atoms with Crippen LogP contribution in [0.4, 0.5) is 0 Å². The van der Waals surface area contributed by atoms with E-state index in [2.05, 4.69) is 6.58 Å². The first-order chi connectivity index (χ1) is 7.01. The van der Waals surface area contributed by atoms with Crippen molar-refractivity contribution in [1.82, 2.24) is 4.90 Å². The second-order valence-corrected chi connectivity index (χ2v) is 3.38. The van der Waals surface area contributed by atoms with Crippen LogP contribution in [0, 0.1) is 0 Å². The molecular weight excluding hydrogens is 214 g/mol. The third-order valence-corrected chi connectivity index (χ3v) is 1.86. The van der Waals surface area contributed by atoms with E-state index in [1.54, 1.807) is 18.2 Å². The Balaban J connectivity index is 4.53. The first kappa shape index (κ1) is 13.7. The molecule has 0 aliphatic carbocycles. The molecule has 0 unspecified atom stereocenters.